The molecular formula is C28H27N3O4. The number of carbonyl (C=O) groups excluding carboxylic acids is 2. The fourth-order valence-electron chi connectivity index (χ4n) is 3.57. The lowest BCUT2D eigenvalue weighted by Crippen LogP contribution is -2.32. The predicted octanol–water partition coefficient (Wildman–Crippen LogP) is 5.78. The number of fused-ring (bicyclic) bond motifs is 1. The summed E-state index contributed by atoms with van der Waals surface area (Å²) in [5, 5.41) is 2.77. The molecule has 1 N–H and O–H groups in total. The number of methoxy groups -OCH3 is 1. The van der Waals surface area contributed by atoms with Gasteiger partial charge in [-0.3, -0.25) is 0 Å². The minimum absolute atomic E-state index is 0.340. The first-order valence-corrected chi connectivity index (χ1v) is 11.3. The normalized spacial score (nSPS) is 11.2. The zero-order chi connectivity index (χ0) is 25.0. The molecule has 178 valence electrons. The van der Waals surface area contributed by atoms with Gasteiger partial charge in [-0.2, -0.15) is 0 Å². The second kappa shape index (κ2) is 9.93. The summed E-state index contributed by atoms with van der Waals surface area (Å²) in [4.78, 5) is 33.7. The Morgan fingerprint density at radius 1 is 0.829 bits per heavy atom. The first-order chi connectivity index (χ1) is 16.7. The zero-order valence-electron chi connectivity index (χ0n) is 20.2. The number of hydrogen-bond donors (Lipinski definition) is 1. The van der Waals surface area contributed by atoms with E-state index in [9.17, 15) is 9.59 Å². The van der Waals surface area contributed by atoms with Crippen molar-refractivity contribution in [2.45, 2.75) is 32.9 Å². The van der Waals surface area contributed by atoms with Crippen LogP contribution in [0.5, 0.6) is 0 Å². The molecule has 0 bridgehead atoms. The SMILES string of the molecule is COC(=O)c1ccc2nc(-c3ccccc3)c(-c3ccc(CNC(=O)OC(C)(C)C)cc3)nc2c1. The number of esters is 1. The van der Waals surface area contributed by atoms with Crippen LogP contribution in [0.1, 0.15) is 36.7 Å². The van der Waals surface area contributed by atoms with Gasteiger partial charge in [-0.05, 0) is 44.5 Å². The highest BCUT2D eigenvalue weighted by Gasteiger charge is 2.17. The molecule has 0 fully saturated rings. The number of amides is 1. The van der Waals surface area contributed by atoms with Crippen LogP contribution in [0.25, 0.3) is 33.5 Å². The lowest BCUT2D eigenvalue weighted by atomic mass is 10.0. The Hall–Kier alpha value is -4.26. The van der Waals surface area contributed by atoms with E-state index in [-0.39, 0.29) is 0 Å². The molecule has 0 unspecified atom stereocenters. The maximum atomic E-state index is 12.0. The van der Waals surface area contributed by atoms with Gasteiger partial charge in [0.15, 0.2) is 0 Å². The van der Waals surface area contributed by atoms with E-state index in [1.807, 2.05) is 75.4 Å². The molecule has 7 nitrogen and oxygen atoms in total. The van der Waals surface area contributed by atoms with Crippen LogP contribution >= 0.6 is 0 Å². The number of aromatic nitrogens is 2. The third kappa shape index (κ3) is 5.81. The van der Waals surface area contributed by atoms with Crippen molar-refractivity contribution in [1.82, 2.24) is 15.3 Å². The van der Waals surface area contributed by atoms with Gasteiger partial charge in [0, 0.05) is 17.7 Å². The van der Waals surface area contributed by atoms with Gasteiger partial charge in [0.2, 0.25) is 0 Å². The van der Waals surface area contributed by atoms with E-state index in [4.69, 9.17) is 19.4 Å². The van der Waals surface area contributed by atoms with Crippen LogP contribution in [0.4, 0.5) is 4.79 Å². The van der Waals surface area contributed by atoms with Crippen molar-refractivity contribution < 1.29 is 19.1 Å². The summed E-state index contributed by atoms with van der Waals surface area (Å²) < 4.78 is 10.1. The highest BCUT2D eigenvalue weighted by Crippen LogP contribution is 2.31. The lowest BCUT2D eigenvalue weighted by molar-refractivity contribution is 0.0522. The molecule has 1 amide bonds. The average molecular weight is 470 g/mol. The molecule has 3 aromatic carbocycles. The smallest absolute Gasteiger partial charge is 0.407 e. The van der Waals surface area contributed by atoms with Crippen LogP contribution in [0.3, 0.4) is 0 Å². The number of hydrogen-bond acceptors (Lipinski definition) is 6. The predicted molar refractivity (Wildman–Crippen MR) is 135 cm³/mol. The number of nitrogens with one attached hydrogen (secondary N) is 1. The molecule has 0 saturated heterocycles. The minimum Gasteiger partial charge on any atom is -0.465 e. The van der Waals surface area contributed by atoms with Crippen LogP contribution in [0.2, 0.25) is 0 Å². The second-order valence-corrected chi connectivity index (χ2v) is 9.03. The van der Waals surface area contributed by atoms with E-state index in [2.05, 4.69) is 5.32 Å². The number of ether oxygens (including phenoxy) is 2. The molecule has 0 spiro atoms. The van der Waals surface area contributed by atoms with Crippen molar-refractivity contribution in [3.63, 3.8) is 0 Å². The molecule has 0 aliphatic carbocycles. The van der Waals surface area contributed by atoms with Crippen molar-refractivity contribution in [2.24, 2.45) is 0 Å². The molecule has 0 atom stereocenters. The summed E-state index contributed by atoms with van der Waals surface area (Å²) in [7, 11) is 1.35. The molecule has 1 heterocycles. The number of rotatable bonds is 5. The molecule has 1 aromatic heterocycles. The maximum Gasteiger partial charge on any atom is 0.407 e. The minimum atomic E-state index is -0.551. The van der Waals surface area contributed by atoms with Crippen LogP contribution in [0.15, 0.2) is 72.8 Å². The molecule has 0 aliphatic rings. The van der Waals surface area contributed by atoms with Gasteiger partial charge in [0.05, 0.1) is 35.1 Å². The molecular weight excluding hydrogens is 442 g/mol. The molecule has 0 aliphatic heterocycles. The largest absolute Gasteiger partial charge is 0.465 e. The Morgan fingerprint density at radius 3 is 2.09 bits per heavy atom. The van der Waals surface area contributed by atoms with E-state index >= 15 is 0 Å². The molecule has 4 rings (SSSR count). The van der Waals surface area contributed by atoms with E-state index in [0.717, 1.165) is 22.4 Å². The Labute approximate surface area is 204 Å². The van der Waals surface area contributed by atoms with Crippen molar-refractivity contribution in [3.05, 3.63) is 83.9 Å². The van der Waals surface area contributed by atoms with Crippen LogP contribution in [-0.4, -0.2) is 34.7 Å². The molecule has 35 heavy (non-hydrogen) atoms. The standard InChI is InChI=1S/C28H27N3O4/c1-28(2,3)35-27(33)29-17-18-10-12-20(13-11-18)25-24(19-8-6-5-7-9-19)30-22-15-14-21(26(32)34-4)16-23(22)31-25/h5-16H,17H2,1-4H3,(H,29,33). The second-order valence-electron chi connectivity index (χ2n) is 9.03. The first-order valence-electron chi connectivity index (χ1n) is 11.3. The van der Waals surface area contributed by atoms with E-state index in [1.54, 1.807) is 18.2 Å². The molecule has 0 saturated carbocycles. The quantitative estimate of drug-likeness (QED) is 0.373. The first kappa shape index (κ1) is 23.9. The molecule has 4 aromatic rings. The monoisotopic (exact) mass is 469 g/mol. The van der Waals surface area contributed by atoms with E-state index in [1.165, 1.54) is 7.11 Å². The van der Waals surface area contributed by atoms with Crippen LogP contribution < -0.4 is 5.32 Å². The van der Waals surface area contributed by atoms with E-state index < -0.39 is 17.7 Å². The maximum absolute atomic E-state index is 12.0. The van der Waals surface area contributed by atoms with Gasteiger partial charge in [-0.25, -0.2) is 19.6 Å². The summed E-state index contributed by atoms with van der Waals surface area (Å²) in [5.74, 6) is -0.427. The number of nitrogens with zero attached hydrogens (tertiary/aromatic N) is 2. The fraction of sp³-hybridized carbons (Fsp3) is 0.214. The highest BCUT2D eigenvalue weighted by atomic mass is 16.6. The summed E-state index contributed by atoms with van der Waals surface area (Å²) >= 11 is 0. The zero-order valence-corrected chi connectivity index (χ0v) is 20.2. The number of benzene rings is 3. The van der Waals surface area contributed by atoms with Gasteiger partial charge in [-0.1, -0.05) is 54.6 Å². The fourth-order valence-corrected chi connectivity index (χ4v) is 3.57. The van der Waals surface area contributed by atoms with Gasteiger partial charge < -0.3 is 14.8 Å². The molecule has 0 radical (unpaired) electrons. The third-order valence-corrected chi connectivity index (χ3v) is 5.20. The summed E-state index contributed by atoms with van der Waals surface area (Å²) in [6.07, 6.45) is -0.463. The van der Waals surface area contributed by atoms with Crippen molar-refractivity contribution in [2.75, 3.05) is 7.11 Å². The van der Waals surface area contributed by atoms with Crippen LogP contribution in [0, 0.1) is 0 Å². The van der Waals surface area contributed by atoms with Gasteiger partial charge in [-0.15, -0.1) is 0 Å². The Balaban J connectivity index is 1.69. The highest BCUT2D eigenvalue weighted by molar-refractivity contribution is 5.95. The Kier molecular flexibility index (Phi) is 6.78. The van der Waals surface area contributed by atoms with Crippen molar-refractivity contribution in [1.29, 1.82) is 0 Å². The summed E-state index contributed by atoms with van der Waals surface area (Å²) in [6, 6.07) is 22.7. The average Bonchev–Trinajstić information content (AvgIpc) is 2.85. The topological polar surface area (TPSA) is 90.4 Å². The van der Waals surface area contributed by atoms with Gasteiger partial charge in [0.25, 0.3) is 0 Å². The van der Waals surface area contributed by atoms with Crippen LogP contribution in [-0.2, 0) is 16.0 Å². The third-order valence-electron chi connectivity index (χ3n) is 5.20. The van der Waals surface area contributed by atoms with E-state index in [0.29, 0.717) is 28.8 Å². The van der Waals surface area contributed by atoms with Gasteiger partial charge >= 0.3 is 12.1 Å². The summed E-state index contributed by atoms with van der Waals surface area (Å²) in [5.41, 5.74) is 5.29. The van der Waals surface area contributed by atoms with Crippen molar-refractivity contribution >= 4 is 23.1 Å². The summed E-state index contributed by atoms with van der Waals surface area (Å²) in [6.45, 7) is 5.81. The lowest BCUT2D eigenvalue weighted by Gasteiger charge is -2.19. The Bertz CT molecular complexity index is 1360. The number of alkyl carbamates (subject to hydrolysis) is 1. The van der Waals surface area contributed by atoms with Gasteiger partial charge in [0.1, 0.15) is 5.60 Å². The Morgan fingerprint density at radius 2 is 1.46 bits per heavy atom. The molecule has 7 heteroatoms. The van der Waals surface area contributed by atoms with Crippen molar-refractivity contribution in [3.8, 4) is 22.5 Å². The number of carbonyl (C=O) groups is 2.